The lowest BCUT2D eigenvalue weighted by molar-refractivity contribution is -0.0721. The van der Waals surface area contributed by atoms with Crippen molar-refractivity contribution in [3.05, 3.63) is 16.1 Å². The number of thiazole rings is 1. The van der Waals surface area contributed by atoms with E-state index in [0.717, 1.165) is 70.9 Å². The number of halogens is 1. The number of nitrogens with one attached hydrogen (secondary N) is 1. The van der Waals surface area contributed by atoms with E-state index in [1.165, 1.54) is 23.5 Å². The molecule has 0 bridgehead atoms. The van der Waals surface area contributed by atoms with E-state index in [4.69, 9.17) is 9.47 Å². The largest absolute Gasteiger partial charge is 0.376 e. The first kappa shape index (κ1) is 23.8. The molecule has 0 aromatic carbocycles. The van der Waals surface area contributed by atoms with E-state index in [1.807, 2.05) is 7.05 Å². The van der Waals surface area contributed by atoms with Crippen molar-refractivity contribution < 1.29 is 9.47 Å². The first-order valence-corrected chi connectivity index (χ1v) is 11.3. The Morgan fingerprint density at radius 2 is 2.18 bits per heavy atom. The van der Waals surface area contributed by atoms with Gasteiger partial charge in [0.1, 0.15) is 0 Å². The molecule has 0 amide bonds. The van der Waals surface area contributed by atoms with Gasteiger partial charge in [0.15, 0.2) is 5.96 Å². The average molecular weight is 522 g/mol. The van der Waals surface area contributed by atoms with E-state index in [1.54, 1.807) is 11.3 Å². The summed E-state index contributed by atoms with van der Waals surface area (Å²) in [6, 6.07) is 0. The van der Waals surface area contributed by atoms with Crippen LogP contribution in [0.3, 0.4) is 0 Å². The standard InChI is InChI=1S/C20H34N4O2S.HI/c1-3-19-23-16(15-27-19)7-10-22-20(21-2)24-11-8-17(9-12-24)26-14-18-6-4-5-13-25-18;/h15,17-18H,3-14H2,1-2H3,(H,21,22);1H. The van der Waals surface area contributed by atoms with E-state index in [2.05, 4.69) is 32.5 Å². The zero-order valence-corrected chi connectivity index (χ0v) is 20.3. The van der Waals surface area contributed by atoms with Crippen LogP contribution in [-0.4, -0.2) is 67.9 Å². The van der Waals surface area contributed by atoms with Gasteiger partial charge in [-0.05, 0) is 38.5 Å². The molecule has 6 nitrogen and oxygen atoms in total. The highest BCUT2D eigenvalue weighted by Crippen LogP contribution is 2.18. The summed E-state index contributed by atoms with van der Waals surface area (Å²) in [4.78, 5) is 11.4. The number of rotatable bonds is 7. The van der Waals surface area contributed by atoms with Gasteiger partial charge >= 0.3 is 0 Å². The topological polar surface area (TPSA) is 59.0 Å². The van der Waals surface area contributed by atoms with Crippen molar-refractivity contribution >= 4 is 41.3 Å². The van der Waals surface area contributed by atoms with E-state index in [0.29, 0.717) is 12.2 Å². The van der Waals surface area contributed by atoms with Crippen LogP contribution in [0.5, 0.6) is 0 Å². The van der Waals surface area contributed by atoms with E-state index >= 15 is 0 Å². The predicted octanol–water partition coefficient (Wildman–Crippen LogP) is 3.49. The maximum Gasteiger partial charge on any atom is 0.193 e. The van der Waals surface area contributed by atoms with Crippen LogP contribution < -0.4 is 5.32 Å². The summed E-state index contributed by atoms with van der Waals surface area (Å²) in [5.41, 5.74) is 1.18. The van der Waals surface area contributed by atoms with Gasteiger partial charge in [0.25, 0.3) is 0 Å². The van der Waals surface area contributed by atoms with Crippen molar-refractivity contribution in [3.8, 4) is 0 Å². The molecule has 160 valence electrons. The van der Waals surface area contributed by atoms with Crippen LogP contribution in [0.15, 0.2) is 10.4 Å². The molecule has 1 aromatic rings. The molecular formula is C20H35IN4O2S. The molecule has 28 heavy (non-hydrogen) atoms. The number of hydrogen-bond donors (Lipinski definition) is 1. The summed E-state index contributed by atoms with van der Waals surface area (Å²) >= 11 is 1.75. The Bertz CT molecular complexity index is 585. The summed E-state index contributed by atoms with van der Waals surface area (Å²) in [7, 11) is 1.86. The summed E-state index contributed by atoms with van der Waals surface area (Å²) in [5.74, 6) is 0.995. The number of piperidine rings is 1. The van der Waals surface area contributed by atoms with Crippen LogP contribution in [0, 0.1) is 0 Å². The van der Waals surface area contributed by atoms with Gasteiger partial charge < -0.3 is 19.7 Å². The van der Waals surface area contributed by atoms with Gasteiger partial charge in [-0.25, -0.2) is 4.98 Å². The van der Waals surface area contributed by atoms with Gasteiger partial charge in [0.05, 0.1) is 29.5 Å². The summed E-state index contributed by atoms with van der Waals surface area (Å²) in [5, 5.41) is 6.88. The second kappa shape index (κ2) is 13.0. The molecule has 0 aliphatic carbocycles. The lowest BCUT2D eigenvalue weighted by Crippen LogP contribution is -2.47. The minimum Gasteiger partial charge on any atom is -0.376 e. The average Bonchev–Trinajstić information content (AvgIpc) is 3.19. The third-order valence-corrected chi connectivity index (χ3v) is 6.35. The van der Waals surface area contributed by atoms with E-state index in [9.17, 15) is 0 Å². The molecule has 1 aromatic heterocycles. The fourth-order valence-corrected chi connectivity index (χ4v) is 4.46. The second-order valence-corrected chi connectivity index (χ2v) is 8.26. The monoisotopic (exact) mass is 522 g/mol. The first-order chi connectivity index (χ1) is 13.3. The van der Waals surface area contributed by atoms with Gasteiger partial charge in [-0.2, -0.15) is 0 Å². The van der Waals surface area contributed by atoms with Crippen molar-refractivity contribution in [2.24, 2.45) is 4.99 Å². The molecule has 2 aliphatic heterocycles. The molecule has 1 N–H and O–H groups in total. The molecule has 0 radical (unpaired) electrons. The normalized spacial score (nSPS) is 21.4. The maximum absolute atomic E-state index is 6.12. The van der Waals surface area contributed by atoms with Gasteiger partial charge in [0, 0.05) is 45.1 Å². The molecule has 3 rings (SSSR count). The number of ether oxygens (including phenoxy) is 2. The molecule has 2 saturated heterocycles. The molecule has 2 aliphatic rings. The SMILES string of the molecule is CCc1nc(CCNC(=NC)N2CCC(OCC3CCCCO3)CC2)cs1.I. The quantitative estimate of drug-likeness (QED) is 0.338. The maximum atomic E-state index is 6.12. The number of aryl methyl sites for hydroxylation is 1. The van der Waals surface area contributed by atoms with Crippen molar-refractivity contribution in [1.29, 1.82) is 0 Å². The molecule has 1 atom stereocenters. The molecule has 0 saturated carbocycles. The molecule has 8 heteroatoms. The van der Waals surface area contributed by atoms with Crippen molar-refractivity contribution in [2.45, 2.75) is 64.1 Å². The Kier molecular flexibility index (Phi) is 11.0. The Labute approximate surface area is 190 Å². The molecule has 2 fully saturated rings. The van der Waals surface area contributed by atoms with Crippen molar-refractivity contribution in [1.82, 2.24) is 15.2 Å². The van der Waals surface area contributed by atoms with Gasteiger partial charge in [-0.3, -0.25) is 4.99 Å². The van der Waals surface area contributed by atoms with Gasteiger partial charge in [-0.15, -0.1) is 35.3 Å². The zero-order valence-electron chi connectivity index (χ0n) is 17.2. The smallest absolute Gasteiger partial charge is 0.193 e. The Morgan fingerprint density at radius 1 is 1.36 bits per heavy atom. The Hall–Kier alpha value is -0.450. The number of nitrogens with zero attached hydrogens (tertiary/aromatic N) is 3. The lowest BCUT2D eigenvalue weighted by atomic mass is 10.1. The number of guanidine groups is 1. The molecule has 0 spiro atoms. The van der Waals surface area contributed by atoms with Gasteiger partial charge in [0.2, 0.25) is 0 Å². The third-order valence-electron chi connectivity index (χ3n) is 5.31. The van der Waals surface area contributed by atoms with Crippen LogP contribution in [0.25, 0.3) is 0 Å². The minimum absolute atomic E-state index is 0. The number of likely N-dealkylation sites (tertiary alicyclic amines) is 1. The fourth-order valence-electron chi connectivity index (χ4n) is 3.68. The minimum atomic E-state index is 0. The summed E-state index contributed by atoms with van der Waals surface area (Å²) in [6.45, 7) is 6.66. The van der Waals surface area contributed by atoms with Crippen LogP contribution in [0.1, 0.15) is 49.7 Å². The predicted molar refractivity (Wildman–Crippen MR) is 126 cm³/mol. The molecule has 1 unspecified atom stereocenters. The highest BCUT2D eigenvalue weighted by molar-refractivity contribution is 14.0. The number of hydrogen-bond acceptors (Lipinski definition) is 5. The number of aliphatic imine (C=N–C) groups is 1. The van der Waals surface area contributed by atoms with Crippen LogP contribution in [-0.2, 0) is 22.3 Å². The Morgan fingerprint density at radius 3 is 2.82 bits per heavy atom. The molecular weight excluding hydrogens is 487 g/mol. The van der Waals surface area contributed by atoms with Crippen molar-refractivity contribution in [3.63, 3.8) is 0 Å². The number of aromatic nitrogens is 1. The Balaban J connectivity index is 0.00000280. The third kappa shape index (κ3) is 7.42. The second-order valence-electron chi connectivity index (χ2n) is 7.32. The van der Waals surface area contributed by atoms with E-state index < -0.39 is 0 Å². The van der Waals surface area contributed by atoms with Crippen LogP contribution in [0.2, 0.25) is 0 Å². The summed E-state index contributed by atoms with van der Waals surface area (Å²) in [6.07, 6.45) is 8.35. The fraction of sp³-hybridized carbons (Fsp3) is 0.800. The van der Waals surface area contributed by atoms with Crippen LogP contribution in [0.4, 0.5) is 0 Å². The lowest BCUT2D eigenvalue weighted by Gasteiger charge is -2.35. The zero-order chi connectivity index (χ0) is 18.9. The van der Waals surface area contributed by atoms with Gasteiger partial charge in [-0.1, -0.05) is 6.92 Å². The highest BCUT2D eigenvalue weighted by Gasteiger charge is 2.23. The van der Waals surface area contributed by atoms with E-state index in [-0.39, 0.29) is 24.0 Å². The highest BCUT2D eigenvalue weighted by atomic mass is 127. The van der Waals surface area contributed by atoms with Crippen molar-refractivity contribution in [2.75, 3.05) is 39.9 Å². The summed E-state index contributed by atoms with van der Waals surface area (Å²) < 4.78 is 11.9. The van der Waals surface area contributed by atoms with Crippen LogP contribution >= 0.6 is 35.3 Å². The first-order valence-electron chi connectivity index (χ1n) is 10.4. The molecule has 3 heterocycles.